The fourth-order valence-electron chi connectivity index (χ4n) is 1.28. The van der Waals surface area contributed by atoms with Crippen LogP contribution in [0.5, 0.6) is 0 Å². The lowest BCUT2D eigenvalue weighted by atomic mass is 10.1. The first kappa shape index (κ1) is 13.8. The van der Waals surface area contributed by atoms with Crippen LogP contribution in [-0.2, 0) is 9.53 Å². The van der Waals surface area contributed by atoms with Gasteiger partial charge in [-0.1, -0.05) is 45.4 Å². The SMILES string of the molecule is CCCCCCCCCOC(=O)CCl. The number of esters is 1. The Morgan fingerprint density at radius 1 is 1.07 bits per heavy atom. The summed E-state index contributed by atoms with van der Waals surface area (Å²) in [6.07, 6.45) is 8.62. The molecule has 0 radical (unpaired) electrons. The fraction of sp³-hybridized carbons (Fsp3) is 0.909. The summed E-state index contributed by atoms with van der Waals surface area (Å²) >= 11 is 5.27. The van der Waals surface area contributed by atoms with Gasteiger partial charge in [-0.15, -0.1) is 11.6 Å². The summed E-state index contributed by atoms with van der Waals surface area (Å²) in [4.78, 5) is 10.6. The molecule has 0 saturated carbocycles. The quantitative estimate of drug-likeness (QED) is 0.338. The summed E-state index contributed by atoms with van der Waals surface area (Å²) in [6.45, 7) is 2.74. The monoisotopic (exact) mass is 220 g/mol. The van der Waals surface area contributed by atoms with Crippen LogP contribution in [0.1, 0.15) is 51.9 Å². The van der Waals surface area contributed by atoms with Crippen molar-refractivity contribution in [3.8, 4) is 0 Å². The van der Waals surface area contributed by atoms with E-state index >= 15 is 0 Å². The van der Waals surface area contributed by atoms with E-state index in [1.54, 1.807) is 0 Å². The molecular weight excluding hydrogens is 200 g/mol. The number of rotatable bonds is 9. The molecule has 3 heteroatoms. The Labute approximate surface area is 92.0 Å². The minimum atomic E-state index is -0.308. The maximum Gasteiger partial charge on any atom is 0.320 e. The summed E-state index contributed by atoms with van der Waals surface area (Å²) < 4.78 is 4.85. The molecule has 84 valence electrons. The first-order chi connectivity index (χ1) is 6.81. The summed E-state index contributed by atoms with van der Waals surface area (Å²) in [5.41, 5.74) is 0. The number of halogens is 1. The first-order valence-corrected chi connectivity index (χ1v) is 6.06. The van der Waals surface area contributed by atoms with Crippen LogP contribution in [0.2, 0.25) is 0 Å². The van der Waals surface area contributed by atoms with Gasteiger partial charge < -0.3 is 4.74 Å². The van der Waals surface area contributed by atoms with Crippen LogP contribution in [0, 0.1) is 0 Å². The Bertz CT molecular complexity index is 137. The third kappa shape index (κ3) is 9.85. The van der Waals surface area contributed by atoms with Gasteiger partial charge in [-0.25, -0.2) is 0 Å². The Morgan fingerprint density at radius 3 is 2.21 bits per heavy atom. The van der Waals surface area contributed by atoms with E-state index in [0.717, 1.165) is 12.8 Å². The van der Waals surface area contributed by atoms with Crippen molar-refractivity contribution in [3.05, 3.63) is 0 Å². The molecule has 0 aliphatic carbocycles. The van der Waals surface area contributed by atoms with Gasteiger partial charge in [0.1, 0.15) is 5.88 Å². The lowest BCUT2D eigenvalue weighted by molar-refractivity contribution is -0.140. The van der Waals surface area contributed by atoms with Crippen molar-refractivity contribution < 1.29 is 9.53 Å². The van der Waals surface area contributed by atoms with E-state index in [0.29, 0.717) is 6.61 Å². The molecule has 0 heterocycles. The highest BCUT2D eigenvalue weighted by Crippen LogP contribution is 2.06. The zero-order valence-electron chi connectivity index (χ0n) is 9.06. The summed E-state index contributed by atoms with van der Waals surface area (Å²) in [5, 5.41) is 0. The number of unbranched alkanes of at least 4 members (excludes halogenated alkanes) is 6. The second-order valence-corrected chi connectivity index (χ2v) is 3.74. The predicted octanol–water partition coefficient (Wildman–Crippen LogP) is 3.52. The minimum Gasteiger partial charge on any atom is -0.465 e. The van der Waals surface area contributed by atoms with Gasteiger partial charge in [0.05, 0.1) is 6.61 Å². The Hall–Kier alpha value is -0.240. The second kappa shape index (κ2) is 10.8. The van der Waals surface area contributed by atoms with E-state index in [4.69, 9.17) is 16.3 Å². The summed E-state index contributed by atoms with van der Waals surface area (Å²) in [6, 6.07) is 0. The highest BCUT2D eigenvalue weighted by molar-refractivity contribution is 6.26. The third-order valence-electron chi connectivity index (χ3n) is 2.12. The molecular formula is C11H21ClO2. The van der Waals surface area contributed by atoms with Crippen molar-refractivity contribution in [2.45, 2.75) is 51.9 Å². The standard InChI is InChI=1S/C11H21ClO2/c1-2-3-4-5-6-7-8-9-14-11(13)10-12/h2-10H2,1H3. The fourth-order valence-corrected chi connectivity index (χ4v) is 1.36. The normalized spacial score (nSPS) is 10.1. The van der Waals surface area contributed by atoms with Crippen LogP contribution >= 0.6 is 11.6 Å². The molecule has 0 unspecified atom stereocenters. The van der Waals surface area contributed by atoms with Crippen molar-refractivity contribution in [2.24, 2.45) is 0 Å². The molecule has 14 heavy (non-hydrogen) atoms. The molecule has 0 spiro atoms. The predicted molar refractivity (Wildman–Crippen MR) is 59.7 cm³/mol. The second-order valence-electron chi connectivity index (χ2n) is 3.48. The lowest BCUT2D eigenvalue weighted by Gasteiger charge is -2.02. The van der Waals surface area contributed by atoms with Crippen molar-refractivity contribution in [2.75, 3.05) is 12.5 Å². The van der Waals surface area contributed by atoms with Crippen LogP contribution in [-0.4, -0.2) is 18.5 Å². The molecule has 0 rings (SSSR count). The average molecular weight is 221 g/mol. The summed E-state index contributed by atoms with van der Waals surface area (Å²) in [5.74, 6) is -0.339. The molecule has 0 saturated heterocycles. The van der Waals surface area contributed by atoms with Gasteiger partial charge in [-0.3, -0.25) is 4.79 Å². The molecule has 0 aromatic heterocycles. The maximum absolute atomic E-state index is 10.6. The van der Waals surface area contributed by atoms with E-state index in [9.17, 15) is 4.79 Å². The van der Waals surface area contributed by atoms with Crippen LogP contribution in [0.4, 0.5) is 0 Å². The zero-order chi connectivity index (χ0) is 10.6. The zero-order valence-corrected chi connectivity index (χ0v) is 9.81. The number of hydrogen-bond donors (Lipinski definition) is 0. The molecule has 2 nitrogen and oxygen atoms in total. The minimum absolute atomic E-state index is 0.0312. The van der Waals surface area contributed by atoms with Crippen LogP contribution in [0.15, 0.2) is 0 Å². The molecule has 0 bridgehead atoms. The third-order valence-corrected chi connectivity index (χ3v) is 2.34. The van der Waals surface area contributed by atoms with Crippen LogP contribution < -0.4 is 0 Å². The van der Waals surface area contributed by atoms with E-state index in [-0.39, 0.29) is 11.8 Å². The highest BCUT2D eigenvalue weighted by Gasteiger charge is 1.98. The van der Waals surface area contributed by atoms with Crippen LogP contribution in [0.25, 0.3) is 0 Å². The summed E-state index contributed by atoms with van der Waals surface area (Å²) in [7, 11) is 0. The van der Waals surface area contributed by atoms with Gasteiger partial charge in [-0.05, 0) is 6.42 Å². The molecule has 0 aliphatic heterocycles. The lowest BCUT2D eigenvalue weighted by Crippen LogP contribution is -2.06. The average Bonchev–Trinajstić information content (AvgIpc) is 2.21. The van der Waals surface area contributed by atoms with Crippen molar-refractivity contribution in [3.63, 3.8) is 0 Å². The van der Waals surface area contributed by atoms with E-state index in [2.05, 4.69) is 6.92 Å². The van der Waals surface area contributed by atoms with Crippen LogP contribution in [0.3, 0.4) is 0 Å². The smallest absolute Gasteiger partial charge is 0.320 e. The van der Waals surface area contributed by atoms with Gasteiger partial charge in [0.2, 0.25) is 0 Å². The number of carbonyl (C=O) groups excluding carboxylic acids is 1. The molecule has 0 amide bonds. The number of carbonyl (C=O) groups is 1. The molecule has 0 aromatic rings. The Morgan fingerprint density at radius 2 is 1.64 bits per heavy atom. The Balaban J connectivity index is 2.95. The van der Waals surface area contributed by atoms with Gasteiger partial charge in [-0.2, -0.15) is 0 Å². The van der Waals surface area contributed by atoms with Gasteiger partial charge in [0.25, 0.3) is 0 Å². The molecule has 0 aliphatic rings. The van der Waals surface area contributed by atoms with E-state index in [1.165, 1.54) is 32.1 Å². The van der Waals surface area contributed by atoms with E-state index < -0.39 is 0 Å². The number of hydrogen-bond acceptors (Lipinski definition) is 2. The van der Waals surface area contributed by atoms with Crippen molar-refractivity contribution >= 4 is 17.6 Å². The van der Waals surface area contributed by atoms with E-state index in [1.807, 2.05) is 0 Å². The van der Waals surface area contributed by atoms with Crippen molar-refractivity contribution in [1.29, 1.82) is 0 Å². The van der Waals surface area contributed by atoms with Gasteiger partial charge >= 0.3 is 5.97 Å². The van der Waals surface area contributed by atoms with Gasteiger partial charge in [0.15, 0.2) is 0 Å². The number of alkyl halides is 1. The Kier molecular flexibility index (Phi) is 10.7. The molecule has 0 aromatic carbocycles. The molecule has 0 fully saturated rings. The van der Waals surface area contributed by atoms with Crippen molar-refractivity contribution in [1.82, 2.24) is 0 Å². The highest BCUT2D eigenvalue weighted by atomic mass is 35.5. The topological polar surface area (TPSA) is 26.3 Å². The number of ether oxygens (including phenoxy) is 1. The first-order valence-electron chi connectivity index (χ1n) is 5.52. The molecule has 0 N–H and O–H groups in total. The largest absolute Gasteiger partial charge is 0.465 e. The molecule has 0 atom stereocenters. The maximum atomic E-state index is 10.6. The van der Waals surface area contributed by atoms with Gasteiger partial charge in [0, 0.05) is 0 Å².